The quantitative estimate of drug-likeness (QED) is 0.177. The van der Waals surface area contributed by atoms with E-state index < -0.39 is 11.7 Å². The predicted molar refractivity (Wildman–Crippen MR) is 276 cm³/mol. The zero-order valence-corrected chi connectivity index (χ0v) is 38.7. The van der Waals surface area contributed by atoms with Gasteiger partial charge >= 0.3 is 6.18 Å². The Morgan fingerprint density at radius 2 is 0.900 bits per heavy atom. The van der Waals surface area contributed by atoms with Crippen LogP contribution in [0.25, 0.3) is 99.5 Å². The van der Waals surface area contributed by atoms with Crippen LogP contribution in [0.2, 0.25) is 0 Å². The molecule has 0 fully saturated rings. The minimum atomic E-state index is -4.82. The van der Waals surface area contributed by atoms with E-state index in [-0.39, 0.29) is 27.5 Å². The summed E-state index contributed by atoms with van der Waals surface area (Å²) in [5.74, 6) is 0. The summed E-state index contributed by atoms with van der Waals surface area (Å²) in [4.78, 5) is 0. The highest BCUT2D eigenvalue weighted by molar-refractivity contribution is 6.17. The van der Waals surface area contributed by atoms with Crippen LogP contribution in [-0.4, -0.2) is 9.13 Å². The van der Waals surface area contributed by atoms with Gasteiger partial charge in [0.15, 0.2) is 0 Å². The van der Waals surface area contributed by atoms with Crippen molar-refractivity contribution in [3.05, 3.63) is 215 Å². The minimum absolute atomic E-state index is 0.0974. The molecule has 2 aliphatic carbocycles. The Balaban J connectivity index is 1.20. The number of benzene rings is 9. The SMILES string of the molecule is CC1(C)c2ccccc2-c2ccc3c(c21)c1ccccc1n3-c1cccc(C#N)c1-c1c(-c2ccc(C#N)cc2C(F)(F)F)cccc1-n1c2ccccc2c2c3c(ccc21)-c1ccccc1C3(C)C. The molecule has 7 heteroatoms. The van der Waals surface area contributed by atoms with Crippen LogP contribution >= 0.6 is 0 Å². The van der Waals surface area contributed by atoms with Crippen LogP contribution in [0, 0.1) is 22.7 Å². The van der Waals surface area contributed by atoms with Gasteiger partial charge in [-0.3, -0.25) is 0 Å². The molecule has 70 heavy (non-hydrogen) atoms. The largest absolute Gasteiger partial charge is 0.417 e. The Kier molecular flexibility index (Phi) is 8.56. The maximum atomic E-state index is 15.6. The van der Waals surface area contributed by atoms with Crippen molar-refractivity contribution in [2.45, 2.75) is 44.7 Å². The first-order chi connectivity index (χ1) is 33.8. The molecule has 11 aromatic rings. The average molecular weight is 911 g/mol. The number of rotatable bonds is 4. The summed E-state index contributed by atoms with van der Waals surface area (Å²) in [6.07, 6.45) is -4.82. The zero-order valence-electron chi connectivity index (χ0n) is 38.7. The fraction of sp³-hybridized carbons (Fsp3) is 0.111. The zero-order chi connectivity index (χ0) is 48.0. The summed E-state index contributed by atoms with van der Waals surface area (Å²) >= 11 is 0. The number of hydrogen-bond acceptors (Lipinski definition) is 2. The monoisotopic (exact) mass is 910 g/mol. The maximum absolute atomic E-state index is 15.6. The molecule has 2 heterocycles. The first kappa shape index (κ1) is 41.5. The first-order valence-corrected chi connectivity index (χ1v) is 23.5. The second-order valence-electron chi connectivity index (χ2n) is 19.7. The standard InChI is InChI=1S/C63H41F3N4/c1-61(2)46-21-9-5-16-38(46)42-29-31-53-57(59(42)61)44-18-7-11-23-49(44)69(53)51-25-13-15-37(35-68)55(51)56-41(40-28-27-36(34-67)33-48(40)63(64,65)66)20-14-26-52(56)70-50-24-12-8-19-45(50)58-54(70)32-30-43-39-17-6-10-22-47(39)62(3,4)60(43)58/h5-33H,1-4H3. The van der Waals surface area contributed by atoms with Gasteiger partial charge in [-0.1, -0.05) is 149 Å². The lowest BCUT2D eigenvalue weighted by Crippen LogP contribution is -2.15. The van der Waals surface area contributed by atoms with E-state index in [1.165, 1.54) is 51.1 Å². The van der Waals surface area contributed by atoms with E-state index in [0.717, 1.165) is 55.2 Å². The Hall–Kier alpha value is -8.65. The van der Waals surface area contributed by atoms with Gasteiger partial charge in [-0.25, -0.2) is 0 Å². The highest BCUT2D eigenvalue weighted by Crippen LogP contribution is 2.56. The summed E-state index contributed by atoms with van der Waals surface area (Å²) in [6.45, 7) is 9.05. The molecule has 0 atom stereocenters. The molecule has 0 saturated heterocycles. The molecule has 0 N–H and O–H groups in total. The van der Waals surface area contributed by atoms with E-state index in [0.29, 0.717) is 28.1 Å². The Morgan fingerprint density at radius 1 is 0.429 bits per heavy atom. The normalized spacial score (nSPS) is 14.1. The Morgan fingerprint density at radius 3 is 1.43 bits per heavy atom. The molecule has 0 saturated carbocycles. The van der Waals surface area contributed by atoms with E-state index in [9.17, 15) is 10.5 Å². The smallest absolute Gasteiger partial charge is 0.309 e. The molecule has 0 spiro atoms. The highest BCUT2D eigenvalue weighted by Gasteiger charge is 2.41. The second kappa shape index (κ2) is 14.4. The van der Waals surface area contributed by atoms with E-state index in [2.05, 4.69) is 140 Å². The number of fused-ring (bicyclic) bond motifs is 14. The molecule has 4 nitrogen and oxygen atoms in total. The number of aromatic nitrogens is 2. The lowest BCUT2D eigenvalue weighted by molar-refractivity contribution is -0.137. The lowest BCUT2D eigenvalue weighted by Gasteiger charge is -2.25. The molecular formula is C63H41F3N4. The van der Waals surface area contributed by atoms with Crippen molar-refractivity contribution < 1.29 is 13.2 Å². The topological polar surface area (TPSA) is 57.4 Å². The first-order valence-electron chi connectivity index (χ1n) is 23.5. The fourth-order valence-electron chi connectivity index (χ4n) is 12.6. The average Bonchev–Trinajstić information content (AvgIpc) is 4.04. The van der Waals surface area contributed by atoms with Crippen LogP contribution in [0.3, 0.4) is 0 Å². The van der Waals surface area contributed by atoms with Crippen LogP contribution in [0.4, 0.5) is 13.2 Å². The van der Waals surface area contributed by atoms with Crippen molar-refractivity contribution >= 4 is 43.6 Å². The van der Waals surface area contributed by atoms with E-state index in [4.69, 9.17) is 0 Å². The van der Waals surface area contributed by atoms with Gasteiger partial charge in [0, 0.05) is 43.5 Å². The van der Waals surface area contributed by atoms with Gasteiger partial charge in [0.25, 0.3) is 0 Å². The second-order valence-corrected chi connectivity index (χ2v) is 19.7. The highest BCUT2D eigenvalue weighted by atomic mass is 19.4. The molecule has 0 aliphatic heterocycles. The summed E-state index contributed by atoms with van der Waals surface area (Å²) in [5, 5.41) is 25.5. The molecular weight excluding hydrogens is 870 g/mol. The van der Waals surface area contributed by atoms with E-state index >= 15 is 13.2 Å². The Bertz CT molecular complexity index is 4200. The number of para-hydroxylation sites is 2. The van der Waals surface area contributed by atoms with Gasteiger partial charge in [-0.2, -0.15) is 23.7 Å². The third-order valence-corrected chi connectivity index (χ3v) is 15.4. The Labute approximate surface area is 402 Å². The van der Waals surface area contributed by atoms with Gasteiger partial charge < -0.3 is 9.13 Å². The molecule has 13 rings (SSSR count). The van der Waals surface area contributed by atoms with Crippen molar-refractivity contribution in [2.75, 3.05) is 0 Å². The van der Waals surface area contributed by atoms with Gasteiger partial charge in [0.1, 0.15) is 0 Å². The van der Waals surface area contributed by atoms with Crippen LogP contribution in [0.5, 0.6) is 0 Å². The fourth-order valence-corrected chi connectivity index (χ4v) is 12.6. The van der Waals surface area contributed by atoms with Crippen molar-refractivity contribution in [2.24, 2.45) is 0 Å². The molecule has 2 aliphatic rings. The summed E-state index contributed by atoms with van der Waals surface area (Å²) in [6, 6.07) is 61.5. The van der Waals surface area contributed by atoms with Crippen LogP contribution in [0.1, 0.15) is 66.6 Å². The van der Waals surface area contributed by atoms with Crippen LogP contribution in [0.15, 0.2) is 176 Å². The third-order valence-electron chi connectivity index (χ3n) is 15.4. The number of nitriles is 2. The van der Waals surface area contributed by atoms with Crippen molar-refractivity contribution in [1.29, 1.82) is 10.5 Å². The predicted octanol–water partition coefficient (Wildman–Crippen LogP) is 16.6. The van der Waals surface area contributed by atoms with Gasteiger partial charge in [0.05, 0.1) is 62.3 Å². The third kappa shape index (κ3) is 5.46. The maximum Gasteiger partial charge on any atom is 0.417 e. The molecule has 0 amide bonds. The summed E-state index contributed by atoms with van der Waals surface area (Å²) in [5.41, 5.74) is 14.0. The van der Waals surface area contributed by atoms with Gasteiger partial charge in [-0.15, -0.1) is 0 Å². The number of hydrogen-bond donors (Lipinski definition) is 0. The number of nitrogens with zero attached hydrogens (tertiary/aromatic N) is 4. The van der Waals surface area contributed by atoms with Crippen molar-refractivity contribution in [3.63, 3.8) is 0 Å². The lowest BCUT2D eigenvalue weighted by atomic mass is 9.80. The summed E-state index contributed by atoms with van der Waals surface area (Å²) in [7, 11) is 0. The number of halogens is 3. The van der Waals surface area contributed by atoms with Gasteiger partial charge in [-0.05, 0) is 110 Å². The number of alkyl halides is 3. The van der Waals surface area contributed by atoms with Crippen LogP contribution in [-0.2, 0) is 17.0 Å². The molecule has 334 valence electrons. The van der Waals surface area contributed by atoms with E-state index in [1.54, 1.807) is 18.2 Å². The summed E-state index contributed by atoms with van der Waals surface area (Å²) < 4.78 is 51.1. The van der Waals surface area contributed by atoms with Crippen molar-refractivity contribution in [1.82, 2.24) is 9.13 Å². The molecule has 0 radical (unpaired) electrons. The minimum Gasteiger partial charge on any atom is -0.309 e. The van der Waals surface area contributed by atoms with Crippen LogP contribution < -0.4 is 0 Å². The van der Waals surface area contributed by atoms with Gasteiger partial charge in [0.2, 0.25) is 0 Å². The molecule has 0 unspecified atom stereocenters. The van der Waals surface area contributed by atoms with E-state index in [1.807, 2.05) is 48.5 Å². The van der Waals surface area contributed by atoms with Crippen molar-refractivity contribution in [3.8, 4) is 68.0 Å². The molecule has 0 bridgehead atoms. The molecule has 2 aromatic heterocycles. The molecule has 9 aromatic carbocycles.